The summed E-state index contributed by atoms with van der Waals surface area (Å²) < 4.78 is 0. The third-order valence-electron chi connectivity index (χ3n) is 4.02. The van der Waals surface area contributed by atoms with E-state index in [0.717, 1.165) is 36.2 Å². The summed E-state index contributed by atoms with van der Waals surface area (Å²) in [6.07, 6.45) is 1.73. The van der Waals surface area contributed by atoms with Gasteiger partial charge in [-0.1, -0.05) is 18.2 Å². The highest BCUT2D eigenvalue weighted by Gasteiger charge is 2.25. The number of aryl methyl sites for hydroxylation is 2. The maximum absolute atomic E-state index is 12.2. The number of rotatable bonds is 4. The molecule has 1 heterocycles. The van der Waals surface area contributed by atoms with Crippen LogP contribution >= 0.6 is 0 Å². The number of benzene rings is 1. The molecule has 5 nitrogen and oxygen atoms in total. The fourth-order valence-corrected chi connectivity index (χ4v) is 2.83. The van der Waals surface area contributed by atoms with Crippen molar-refractivity contribution in [3.63, 3.8) is 0 Å². The maximum atomic E-state index is 12.2. The number of carbonyl (C=O) groups is 2. The van der Waals surface area contributed by atoms with Gasteiger partial charge in [-0.25, -0.2) is 0 Å². The second-order valence-electron chi connectivity index (χ2n) is 5.79. The lowest BCUT2D eigenvalue weighted by molar-refractivity contribution is -0.125. The Kier molecular flexibility index (Phi) is 4.96. The summed E-state index contributed by atoms with van der Waals surface area (Å²) in [5.41, 5.74) is 8.34. The second-order valence-corrected chi connectivity index (χ2v) is 5.79. The molecule has 114 valence electrons. The zero-order valence-corrected chi connectivity index (χ0v) is 12.7. The number of nitrogens with two attached hydrogens (primary N) is 1. The van der Waals surface area contributed by atoms with Gasteiger partial charge >= 0.3 is 0 Å². The number of hydrogen-bond acceptors (Lipinski definition) is 3. The van der Waals surface area contributed by atoms with E-state index in [1.165, 1.54) is 0 Å². The highest BCUT2D eigenvalue weighted by atomic mass is 16.2. The first-order valence-corrected chi connectivity index (χ1v) is 7.35. The zero-order chi connectivity index (χ0) is 15.4. The molecule has 1 atom stereocenters. The average molecular weight is 289 g/mol. The number of nitrogens with zero attached hydrogens (tertiary/aromatic N) is 1. The Morgan fingerprint density at radius 2 is 2.00 bits per heavy atom. The van der Waals surface area contributed by atoms with E-state index in [4.69, 9.17) is 5.73 Å². The van der Waals surface area contributed by atoms with Gasteiger partial charge in [0.15, 0.2) is 0 Å². The Bertz CT molecular complexity index is 522. The molecule has 0 bridgehead atoms. The Morgan fingerprint density at radius 1 is 1.33 bits per heavy atom. The molecule has 0 saturated carbocycles. The molecule has 2 rings (SSSR count). The van der Waals surface area contributed by atoms with Gasteiger partial charge in [0.1, 0.15) is 0 Å². The number of anilines is 1. The summed E-state index contributed by atoms with van der Waals surface area (Å²) >= 11 is 0. The Morgan fingerprint density at radius 3 is 2.62 bits per heavy atom. The standard InChI is InChI=1S/C16H23N3O2/c1-11-5-3-6-12(2)15(11)18-14(20)10-19-8-4-7-13(9-19)16(17)21/h3,5-6,13H,4,7-10H2,1-2H3,(H2,17,21)(H,18,20)/t13-/m1/s1. The largest absolute Gasteiger partial charge is 0.369 e. The van der Waals surface area contributed by atoms with Crippen molar-refractivity contribution < 1.29 is 9.59 Å². The van der Waals surface area contributed by atoms with Crippen molar-refractivity contribution in [1.82, 2.24) is 4.90 Å². The van der Waals surface area contributed by atoms with E-state index in [1.54, 1.807) is 0 Å². The van der Waals surface area contributed by atoms with E-state index in [2.05, 4.69) is 5.32 Å². The lowest BCUT2D eigenvalue weighted by atomic mass is 9.97. The molecule has 21 heavy (non-hydrogen) atoms. The molecule has 0 aliphatic carbocycles. The molecule has 5 heteroatoms. The van der Waals surface area contributed by atoms with Gasteiger partial charge in [-0.3, -0.25) is 14.5 Å². The van der Waals surface area contributed by atoms with Gasteiger partial charge < -0.3 is 11.1 Å². The number of likely N-dealkylation sites (tertiary alicyclic amines) is 1. The Balaban J connectivity index is 1.94. The van der Waals surface area contributed by atoms with Gasteiger partial charge in [0.25, 0.3) is 0 Å². The van der Waals surface area contributed by atoms with Crippen molar-refractivity contribution in [3.05, 3.63) is 29.3 Å². The number of piperidine rings is 1. The van der Waals surface area contributed by atoms with Gasteiger partial charge in [-0.2, -0.15) is 0 Å². The minimum atomic E-state index is -0.269. The first-order chi connectivity index (χ1) is 9.97. The van der Waals surface area contributed by atoms with E-state index in [1.807, 2.05) is 36.9 Å². The molecule has 0 aromatic heterocycles. The second kappa shape index (κ2) is 6.72. The van der Waals surface area contributed by atoms with Crippen LogP contribution in [-0.2, 0) is 9.59 Å². The number of carbonyl (C=O) groups excluding carboxylic acids is 2. The van der Waals surface area contributed by atoms with Gasteiger partial charge in [-0.05, 0) is 44.4 Å². The lowest BCUT2D eigenvalue weighted by Gasteiger charge is -2.30. The van der Waals surface area contributed by atoms with E-state index in [0.29, 0.717) is 13.1 Å². The normalized spacial score (nSPS) is 19.2. The van der Waals surface area contributed by atoms with Crippen LogP contribution in [0.25, 0.3) is 0 Å². The van der Waals surface area contributed by atoms with Gasteiger partial charge in [0, 0.05) is 12.2 Å². The quantitative estimate of drug-likeness (QED) is 0.880. The molecule has 1 aliphatic rings. The molecule has 1 aromatic rings. The van der Waals surface area contributed by atoms with Crippen LogP contribution in [-0.4, -0.2) is 36.3 Å². The van der Waals surface area contributed by atoms with E-state index in [-0.39, 0.29) is 17.7 Å². The molecule has 1 saturated heterocycles. The molecule has 2 amide bonds. The first kappa shape index (κ1) is 15.5. The van der Waals surface area contributed by atoms with E-state index >= 15 is 0 Å². The summed E-state index contributed by atoms with van der Waals surface area (Å²) in [6, 6.07) is 5.93. The molecule has 0 radical (unpaired) electrons. The van der Waals surface area contributed by atoms with Crippen molar-refractivity contribution >= 4 is 17.5 Å². The molecule has 1 aliphatic heterocycles. The topological polar surface area (TPSA) is 75.4 Å². The third-order valence-corrected chi connectivity index (χ3v) is 4.02. The number of para-hydroxylation sites is 1. The lowest BCUT2D eigenvalue weighted by Crippen LogP contribution is -2.44. The van der Waals surface area contributed by atoms with Crippen LogP contribution in [0, 0.1) is 19.8 Å². The highest BCUT2D eigenvalue weighted by Crippen LogP contribution is 2.20. The van der Waals surface area contributed by atoms with Gasteiger partial charge in [0.05, 0.1) is 12.5 Å². The summed E-state index contributed by atoms with van der Waals surface area (Å²) in [7, 11) is 0. The molecule has 1 fully saturated rings. The molecule has 1 aromatic carbocycles. The molecule has 0 spiro atoms. The van der Waals surface area contributed by atoms with Crippen LogP contribution in [0.4, 0.5) is 5.69 Å². The first-order valence-electron chi connectivity index (χ1n) is 7.35. The summed E-state index contributed by atoms with van der Waals surface area (Å²) in [6.45, 7) is 5.68. The van der Waals surface area contributed by atoms with E-state index < -0.39 is 0 Å². The zero-order valence-electron chi connectivity index (χ0n) is 12.7. The van der Waals surface area contributed by atoms with Crippen molar-refractivity contribution in [3.8, 4) is 0 Å². The number of amides is 2. The molecular formula is C16H23N3O2. The number of nitrogens with one attached hydrogen (secondary N) is 1. The molecular weight excluding hydrogens is 266 g/mol. The fraction of sp³-hybridized carbons (Fsp3) is 0.500. The van der Waals surface area contributed by atoms with Gasteiger partial charge in [0.2, 0.25) is 11.8 Å². The van der Waals surface area contributed by atoms with Crippen LogP contribution in [0.2, 0.25) is 0 Å². The third kappa shape index (κ3) is 4.04. The predicted molar refractivity (Wildman–Crippen MR) is 82.9 cm³/mol. The van der Waals surface area contributed by atoms with Crippen molar-refractivity contribution in [2.24, 2.45) is 11.7 Å². The molecule has 3 N–H and O–H groups in total. The van der Waals surface area contributed by atoms with E-state index in [9.17, 15) is 9.59 Å². The Hall–Kier alpha value is -1.88. The average Bonchev–Trinajstić information content (AvgIpc) is 2.43. The van der Waals surface area contributed by atoms with Crippen LogP contribution in [0.3, 0.4) is 0 Å². The monoisotopic (exact) mass is 289 g/mol. The summed E-state index contributed by atoms with van der Waals surface area (Å²) in [5, 5.41) is 2.97. The van der Waals surface area contributed by atoms with Crippen LogP contribution in [0.15, 0.2) is 18.2 Å². The smallest absolute Gasteiger partial charge is 0.238 e. The van der Waals surface area contributed by atoms with Crippen molar-refractivity contribution in [1.29, 1.82) is 0 Å². The Labute approximate surface area is 125 Å². The van der Waals surface area contributed by atoms with Crippen molar-refractivity contribution in [2.75, 3.05) is 25.0 Å². The van der Waals surface area contributed by atoms with Crippen molar-refractivity contribution in [2.45, 2.75) is 26.7 Å². The van der Waals surface area contributed by atoms with Gasteiger partial charge in [-0.15, -0.1) is 0 Å². The summed E-state index contributed by atoms with van der Waals surface area (Å²) in [4.78, 5) is 25.5. The fourth-order valence-electron chi connectivity index (χ4n) is 2.83. The summed E-state index contributed by atoms with van der Waals surface area (Å²) in [5.74, 6) is -0.445. The number of primary amides is 1. The minimum Gasteiger partial charge on any atom is -0.369 e. The van der Waals surface area contributed by atoms with Crippen LogP contribution in [0.1, 0.15) is 24.0 Å². The minimum absolute atomic E-state index is 0.0440. The highest BCUT2D eigenvalue weighted by molar-refractivity contribution is 5.93. The van der Waals surface area contributed by atoms with Crippen LogP contribution < -0.4 is 11.1 Å². The molecule has 0 unspecified atom stereocenters. The number of hydrogen-bond donors (Lipinski definition) is 2. The SMILES string of the molecule is Cc1cccc(C)c1NC(=O)CN1CCC[C@@H](C(N)=O)C1. The predicted octanol–water partition coefficient (Wildman–Crippen LogP) is 1.44. The van der Waals surface area contributed by atoms with Crippen LogP contribution in [0.5, 0.6) is 0 Å². The maximum Gasteiger partial charge on any atom is 0.238 e.